The van der Waals surface area contributed by atoms with Gasteiger partial charge in [-0.3, -0.25) is 9.59 Å². The predicted octanol–water partition coefficient (Wildman–Crippen LogP) is 0.801. The van der Waals surface area contributed by atoms with Crippen LogP contribution in [0.25, 0.3) is 0 Å². The number of aliphatic carboxylic acids is 1. The van der Waals surface area contributed by atoms with Crippen molar-refractivity contribution in [1.82, 2.24) is 4.90 Å². The second-order valence-electron chi connectivity index (χ2n) is 5.33. The smallest absolute Gasteiger partial charge is 0.334 e. The van der Waals surface area contributed by atoms with Crippen LogP contribution in [-0.4, -0.2) is 58.8 Å². The Kier molecular flexibility index (Phi) is 4.53. The molecule has 23 heavy (non-hydrogen) atoms. The van der Waals surface area contributed by atoms with Gasteiger partial charge in [0.15, 0.2) is 6.10 Å². The molecule has 0 saturated carbocycles. The van der Waals surface area contributed by atoms with Crippen molar-refractivity contribution in [2.75, 3.05) is 25.0 Å². The molecule has 2 heterocycles. The van der Waals surface area contributed by atoms with Gasteiger partial charge in [-0.15, -0.1) is 11.8 Å². The lowest BCUT2D eigenvalue weighted by atomic mass is 10.2. The zero-order valence-electron chi connectivity index (χ0n) is 12.2. The molecule has 8 heteroatoms. The highest BCUT2D eigenvalue weighted by molar-refractivity contribution is 8.01. The number of nitrogens with one attached hydrogen (secondary N) is 1. The second kappa shape index (κ2) is 6.59. The maximum atomic E-state index is 12.4. The fourth-order valence-corrected chi connectivity index (χ4v) is 3.64. The Hall–Kier alpha value is -2.06. The van der Waals surface area contributed by atoms with E-state index < -0.39 is 17.3 Å². The molecule has 2 atom stereocenters. The molecule has 2 amide bonds. The number of rotatable bonds is 3. The minimum Gasteiger partial charge on any atom is -0.479 e. The molecule has 1 fully saturated rings. The minimum absolute atomic E-state index is 0.0176. The SMILES string of the molecule is O=C1Nc2ccccc2S[C@H]1CC(=O)N1CCO[C@@H](C(=O)O)C1. The first-order chi connectivity index (χ1) is 11.0. The molecule has 0 spiro atoms. The number of para-hydroxylation sites is 1. The molecule has 7 nitrogen and oxygen atoms in total. The van der Waals surface area contributed by atoms with Crippen LogP contribution >= 0.6 is 11.8 Å². The summed E-state index contributed by atoms with van der Waals surface area (Å²) < 4.78 is 5.10. The van der Waals surface area contributed by atoms with Crippen LogP contribution in [0.2, 0.25) is 0 Å². The van der Waals surface area contributed by atoms with Gasteiger partial charge in [-0.2, -0.15) is 0 Å². The Morgan fingerprint density at radius 1 is 1.39 bits per heavy atom. The first-order valence-electron chi connectivity index (χ1n) is 7.23. The number of carboxylic acid groups (broad SMARTS) is 1. The van der Waals surface area contributed by atoms with E-state index in [0.717, 1.165) is 10.6 Å². The van der Waals surface area contributed by atoms with Crippen LogP contribution in [0.15, 0.2) is 29.2 Å². The van der Waals surface area contributed by atoms with Gasteiger partial charge >= 0.3 is 5.97 Å². The lowest BCUT2D eigenvalue weighted by Crippen LogP contribution is -2.49. The summed E-state index contributed by atoms with van der Waals surface area (Å²) >= 11 is 1.36. The third-order valence-corrected chi connectivity index (χ3v) is 5.04. The van der Waals surface area contributed by atoms with Crippen molar-refractivity contribution in [1.29, 1.82) is 0 Å². The number of morpholine rings is 1. The van der Waals surface area contributed by atoms with Gasteiger partial charge in [0, 0.05) is 17.9 Å². The minimum atomic E-state index is -1.08. The summed E-state index contributed by atoms with van der Waals surface area (Å²) in [7, 11) is 0. The first-order valence-corrected chi connectivity index (χ1v) is 8.11. The molecule has 2 N–H and O–H groups in total. The Balaban J connectivity index is 1.64. The van der Waals surface area contributed by atoms with Crippen LogP contribution in [0.1, 0.15) is 6.42 Å². The van der Waals surface area contributed by atoms with Crippen LogP contribution in [-0.2, 0) is 19.1 Å². The largest absolute Gasteiger partial charge is 0.479 e. The molecule has 0 bridgehead atoms. The molecule has 1 aromatic carbocycles. The van der Waals surface area contributed by atoms with Gasteiger partial charge in [0.25, 0.3) is 0 Å². The fourth-order valence-electron chi connectivity index (χ4n) is 2.54. The molecule has 122 valence electrons. The third kappa shape index (κ3) is 3.48. The molecule has 1 saturated heterocycles. The summed E-state index contributed by atoms with van der Waals surface area (Å²) in [6.07, 6.45) is -0.960. The number of hydrogen-bond donors (Lipinski definition) is 2. The van der Waals surface area contributed by atoms with Crippen molar-refractivity contribution in [3.05, 3.63) is 24.3 Å². The number of carbonyl (C=O) groups excluding carboxylic acids is 2. The molecular formula is C15H16N2O5S. The summed E-state index contributed by atoms with van der Waals surface area (Å²) in [5, 5.41) is 11.3. The Bertz CT molecular complexity index is 651. The van der Waals surface area contributed by atoms with Gasteiger partial charge in [-0.1, -0.05) is 12.1 Å². The number of benzene rings is 1. The van der Waals surface area contributed by atoms with Crippen molar-refractivity contribution in [2.24, 2.45) is 0 Å². The quantitative estimate of drug-likeness (QED) is 0.848. The number of anilines is 1. The fraction of sp³-hybridized carbons (Fsp3) is 0.400. The Morgan fingerprint density at radius 3 is 2.96 bits per heavy atom. The van der Waals surface area contributed by atoms with E-state index in [9.17, 15) is 14.4 Å². The van der Waals surface area contributed by atoms with Crippen LogP contribution in [0.4, 0.5) is 5.69 Å². The third-order valence-electron chi connectivity index (χ3n) is 3.76. The molecule has 0 radical (unpaired) electrons. The van der Waals surface area contributed by atoms with Gasteiger partial charge in [-0.05, 0) is 12.1 Å². The summed E-state index contributed by atoms with van der Waals surface area (Å²) in [6, 6.07) is 7.43. The van der Waals surface area contributed by atoms with E-state index in [1.54, 1.807) is 0 Å². The summed E-state index contributed by atoms with van der Waals surface area (Å²) in [5.41, 5.74) is 0.753. The summed E-state index contributed by atoms with van der Waals surface area (Å²) in [5.74, 6) is -1.52. The molecule has 0 unspecified atom stereocenters. The van der Waals surface area contributed by atoms with E-state index in [2.05, 4.69) is 5.32 Å². The van der Waals surface area contributed by atoms with Crippen molar-refractivity contribution in [3.63, 3.8) is 0 Å². The van der Waals surface area contributed by atoms with Gasteiger partial charge in [0.05, 0.1) is 24.1 Å². The molecule has 0 aromatic heterocycles. The number of thioether (sulfide) groups is 1. The lowest BCUT2D eigenvalue weighted by molar-refractivity contribution is -0.159. The monoisotopic (exact) mass is 336 g/mol. The van der Waals surface area contributed by atoms with Gasteiger partial charge in [0.1, 0.15) is 0 Å². The van der Waals surface area contributed by atoms with Crippen molar-refractivity contribution in [2.45, 2.75) is 22.7 Å². The Labute approximate surface area is 137 Å². The normalized spacial score (nSPS) is 23.8. The van der Waals surface area contributed by atoms with Crippen LogP contribution < -0.4 is 5.32 Å². The average molecular weight is 336 g/mol. The number of fused-ring (bicyclic) bond motifs is 1. The average Bonchev–Trinajstić information content (AvgIpc) is 2.55. The second-order valence-corrected chi connectivity index (χ2v) is 6.58. The maximum absolute atomic E-state index is 12.4. The lowest BCUT2D eigenvalue weighted by Gasteiger charge is -2.32. The van der Waals surface area contributed by atoms with E-state index in [1.807, 2.05) is 24.3 Å². The van der Waals surface area contributed by atoms with Gasteiger partial charge < -0.3 is 20.1 Å². The van der Waals surface area contributed by atoms with Crippen LogP contribution in [0, 0.1) is 0 Å². The number of amides is 2. The van der Waals surface area contributed by atoms with Crippen molar-refractivity contribution in [3.8, 4) is 0 Å². The number of carbonyl (C=O) groups is 3. The van der Waals surface area contributed by atoms with E-state index in [-0.39, 0.29) is 31.4 Å². The number of carboxylic acids is 1. The van der Waals surface area contributed by atoms with Crippen molar-refractivity contribution >= 4 is 35.2 Å². The molecule has 3 rings (SSSR count). The highest BCUT2D eigenvalue weighted by Crippen LogP contribution is 2.36. The Morgan fingerprint density at radius 2 is 2.17 bits per heavy atom. The van der Waals surface area contributed by atoms with Gasteiger partial charge in [-0.25, -0.2) is 4.79 Å². The van der Waals surface area contributed by atoms with E-state index >= 15 is 0 Å². The van der Waals surface area contributed by atoms with E-state index in [0.29, 0.717) is 6.54 Å². The molecule has 0 aliphatic carbocycles. The maximum Gasteiger partial charge on any atom is 0.334 e. The number of ether oxygens (including phenoxy) is 1. The molecule has 2 aliphatic rings. The predicted molar refractivity (Wildman–Crippen MR) is 83.3 cm³/mol. The standard InChI is InChI=1S/C15H16N2O5S/c18-13(17-5-6-22-10(8-17)15(20)21)7-12-14(19)16-9-3-1-2-4-11(9)23-12/h1-4,10,12H,5-8H2,(H,16,19)(H,20,21)/t10-,12+/m1/s1. The zero-order chi connectivity index (χ0) is 16.4. The summed E-state index contributed by atoms with van der Waals surface area (Å²) in [4.78, 5) is 37.9. The van der Waals surface area contributed by atoms with Gasteiger partial charge in [0.2, 0.25) is 11.8 Å². The number of hydrogen-bond acceptors (Lipinski definition) is 5. The molecular weight excluding hydrogens is 320 g/mol. The van der Waals surface area contributed by atoms with Crippen LogP contribution in [0.3, 0.4) is 0 Å². The molecule has 2 aliphatic heterocycles. The highest BCUT2D eigenvalue weighted by Gasteiger charge is 2.33. The van der Waals surface area contributed by atoms with E-state index in [1.165, 1.54) is 16.7 Å². The van der Waals surface area contributed by atoms with Crippen LogP contribution in [0.5, 0.6) is 0 Å². The van der Waals surface area contributed by atoms with Crippen molar-refractivity contribution < 1.29 is 24.2 Å². The first kappa shape index (κ1) is 15.8. The summed E-state index contributed by atoms with van der Waals surface area (Å²) in [6.45, 7) is 0.553. The zero-order valence-corrected chi connectivity index (χ0v) is 13.0. The number of nitrogens with zero attached hydrogens (tertiary/aromatic N) is 1. The topological polar surface area (TPSA) is 95.9 Å². The van der Waals surface area contributed by atoms with E-state index in [4.69, 9.17) is 9.84 Å². The molecule has 1 aromatic rings. The highest BCUT2D eigenvalue weighted by atomic mass is 32.2.